The third-order valence-corrected chi connectivity index (χ3v) is 4.23. The van der Waals surface area contributed by atoms with E-state index in [4.69, 9.17) is 4.74 Å². The summed E-state index contributed by atoms with van der Waals surface area (Å²) in [5, 5.41) is 5.65. The third-order valence-electron chi connectivity index (χ3n) is 4.23. The first-order chi connectivity index (χ1) is 13.0. The van der Waals surface area contributed by atoms with Crippen LogP contribution in [-0.2, 0) is 9.59 Å². The maximum Gasteiger partial charge on any atom is 0.251 e. The van der Waals surface area contributed by atoms with Crippen molar-refractivity contribution in [1.29, 1.82) is 0 Å². The highest BCUT2D eigenvalue weighted by molar-refractivity contribution is 6.01. The molecule has 27 heavy (non-hydrogen) atoms. The molecule has 3 rings (SSSR count). The zero-order chi connectivity index (χ0) is 19.2. The predicted molar refractivity (Wildman–Crippen MR) is 106 cm³/mol. The molecule has 2 aromatic rings. The Morgan fingerprint density at radius 3 is 2.70 bits per heavy atom. The van der Waals surface area contributed by atoms with E-state index >= 15 is 0 Å². The minimum Gasteiger partial charge on any atom is -0.464 e. The number of carbonyl (C=O) groups is 2. The van der Waals surface area contributed by atoms with Gasteiger partial charge in [0.2, 0.25) is 5.91 Å². The van der Waals surface area contributed by atoms with Crippen molar-refractivity contribution < 1.29 is 14.3 Å². The number of carbonyl (C=O) groups excluding carboxylic acids is 2. The molecular weight excluding hydrogens is 340 g/mol. The molecule has 0 aromatic heterocycles. The lowest BCUT2D eigenvalue weighted by Gasteiger charge is -2.10. The number of hydrogen-bond donors (Lipinski definition) is 2. The predicted octanol–water partition coefficient (Wildman–Crippen LogP) is 3.74. The Hall–Kier alpha value is -3.34. The number of rotatable bonds is 5. The monoisotopic (exact) mass is 362 g/mol. The molecule has 0 saturated carbocycles. The quantitative estimate of drug-likeness (QED) is 0.851. The molecule has 2 aromatic carbocycles. The topological polar surface area (TPSA) is 67.4 Å². The Labute approximate surface area is 158 Å². The van der Waals surface area contributed by atoms with Gasteiger partial charge in [0.25, 0.3) is 5.91 Å². The van der Waals surface area contributed by atoms with Crippen molar-refractivity contribution in [2.24, 2.45) is 0 Å². The van der Waals surface area contributed by atoms with E-state index in [0.29, 0.717) is 11.3 Å². The van der Waals surface area contributed by atoms with Crippen LogP contribution in [0, 0.1) is 13.8 Å². The van der Waals surface area contributed by atoms with E-state index in [1.54, 1.807) is 12.2 Å². The highest BCUT2D eigenvalue weighted by Crippen LogP contribution is 2.24. The molecule has 2 amide bonds. The number of hydrogen-bond acceptors (Lipinski definition) is 3. The molecule has 0 radical (unpaired) electrons. The Bertz CT molecular complexity index is 929. The molecule has 138 valence electrons. The molecule has 0 unspecified atom stereocenters. The first-order valence-electron chi connectivity index (χ1n) is 8.82. The van der Waals surface area contributed by atoms with E-state index in [2.05, 4.69) is 10.6 Å². The van der Waals surface area contributed by atoms with E-state index in [1.165, 1.54) is 6.26 Å². The minimum atomic E-state index is -0.245. The average molecular weight is 362 g/mol. The van der Waals surface area contributed by atoms with Crippen LogP contribution in [0.4, 0.5) is 5.69 Å². The second kappa shape index (κ2) is 8.36. The van der Waals surface area contributed by atoms with E-state index in [9.17, 15) is 9.59 Å². The van der Waals surface area contributed by atoms with Crippen molar-refractivity contribution in [3.8, 4) is 5.75 Å². The van der Waals surface area contributed by atoms with Gasteiger partial charge in [0.05, 0.1) is 6.26 Å². The van der Waals surface area contributed by atoms with Crippen LogP contribution in [0.25, 0.3) is 6.08 Å². The number of ether oxygens (including phenoxy) is 1. The van der Waals surface area contributed by atoms with Crippen LogP contribution in [0.1, 0.15) is 23.1 Å². The summed E-state index contributed by atoms with van der Waals surface area (Å²) in [6, 6.07) is 13.3. The lowest BCUT2D eigenvalue weighted by molar-refractivity contribution is -0.117. The molecule has 2 N–H and O–H groups in total. The molecular formula is C22H22N2O3. The lowest BCUT2D eigenvalue weighted by Crippen LogP contribution is -2.28. The van der Waals surface area contributed by atoms with Gasteiger partial charge in [0.1, 0.15) is 5.75 Å². The van der Waals surface area contributed by atoms with Crippen LogP contribution < -0.4 is 15.4 Å². The Morgan fingerprint density at radius 2 is 1.89 bits per heavy atom. The van der Waals surface area contributed by atoms with Crippen LogP contribution in [-0.4, -0.2) is 18.4 Å². The summed E-state index contributed by atoms with van der Waals surface area (Å²) in [5.74, 6) is 0.316. The first-order valence-corrected chi connectivity index (χ1v) is 8.82. The molecule has 5 nitrogen and oxygen atoms in total. The maximum absolute atomic E-state index is 12.4. The highest BCUT2D eigenvalue weighted by Gasteiger charge is 2.12. The lowest BCUT2D eigenvalue weighted by atomic mass is 10.1. The number of benzene rings is 2. The van der Waals surface area contributed by atoms with Crippen molar-refractivity contribution in [1.82, 2.24) is 5.32 Å². The molecule has 0 bridgehead atoms. The fraction of sp³-hybridized carbons (Fsp3) is 0.182. The van der Waals surface area contributed by atoms with Gasteiger partial charge in [-0.05, 0) is 43.7 Å². The number of aryl methyl sites for hydroxylation is 2. The van der Waals surface area contributed by atoms with Crippen LogP contribution in [0.2, 0.25) is 0 Å². The van der Waals surface area contributed by atoms with Crippen molar-refractivity contribution >= 4 is 23.6 Å². The fourth-order valence-electron chi connectivity index (χ4n) is 2.80. The highest BCUT2D eigenvalue weighted by atomic mass is 16.5. The maximum atomic E-state index is 12.4. The van der Waals surface area contributed by atoms with Gasteiger partial charge in [-0.25, -0.2) is 0 Å². The zero-order valence-corrected chi connectivity index (χ0v) is 15.4. The fourth-order valence-corrected chi connectivity index (χ4v) is 2.80. The Balaban J connectivity index is 1.53. The van der Waals surface area contributed by atoms with Gasteiger partial charge >= 0.3 is 0 Å². The summed E-state index contributed by atoms with van der Waals surface area (Å²) in [6.45, 7) is 4.21. The molecule has 1 aliphatic rings. The van der Waals surface area contributed by atoms with Crippen LogP contribution in [0.5, 0.6) is 5.75 Å². The smallest absolute Gasteiger partial charge is 0.251 e. The summed E-state index contributed by atoms with van der Waals surface area (Å²) in [5.41, 5.74) is 4.27. The van der Waals surface area contributed by atoms with Gasteiger partial charge in [-0.3, -0.25) is 9.59 Å². The summed E-state index contributed by atoms with van der Waals surface area (Å²) >= 11 is 0. The zero-order valence-electron chi connectivity index (χ0n) is 15.4. The van der Waals surface area contributed by atoms with E-state index in [1.807, 2.05) is 56.3 Å². The van der Waals surface area contributed by atoms with Crippen molar-refractivity contribution in [3.63, 3.8) is 0 Å². The molecule has 0 atom stereocenters. The molecule has 5 heteroatoms. The van der Waals surface area contributed by atoms with E-state index < -0.39 is 0 Å². The second-order valence-electron chi connectivity index (χ2n) is 6.43. The molecule has 0 aliphatic carbocycles. The Morgan fingerprint density at radius 1 is 1.07 bits per heavy atom. The minimum absolute atomic E-state index is 0.138. The molecule has 0 saturated heterocycles. The average Bonchev–Trinajstić information content (AvgIpc) is 2.86. The van der Waals surface area contributed by atoms with Crippen LogP contribution in [0.15, 0.2) is 60.4 Å². The number of amides is 2. The summed E-state index contributed by atoms with van der Waals surface area (Å²) in [7, 11) is 0. The van der Waals surface area contributed by atoms with Crippen LogP contribution >= 0.6 is 0 Å². The normalized spacial score (nSPS) is 12.3. The number of nitrogens with one attached hydrogen (secondary N) is 2. The standard InChI is InChI=1S/C22H22N2O3/c1-15-7-8-19(16(2)13-15)24-21(25)9-11-23-22(26)18-10-12-27-20-6-4-3-5-17(20)14-18/h3-8,10,12-14H,9,11H2,1-2H3,(H,23,26)(H,24,25). The SMILES string of the molecule is Cc1ccc(NC(=O)CCNC(=O)C2=Cc3ccccc3OC=C2)c(C)c1. The Kier molecular flexibility index (Phi) is 5.71. The van der Waals surface area contributed by atoms with Gasteiger partial charge < -0.3 is 15.4 Å². The first kappa shape index (κ1) is 18.5. The van der Waals surface area contributed by atoms with Gasteiger partial charge in [-0.15, -0.1) is 0 Å². The number of anilines is 1. The summed E-state index contributed by atoms with van der Waals surface area (Å²) in [4.78, 5) is 24.5. The van der Waals surface area contributed by atoms with Crippen molar-refractivity contribution in [3.05, 3.63) is 77.1 Å². The van der Waals surface area contributed by atoms with Crippen molar-refractivity contribution in [2.45, 2.75) is 20.3 Å². The second-order valence-corrected chi connectivity index (χ2v) is 6.43. The molecule has 0 spiro atoms. The number of fused-ring (bicyclic) bond motifs is 1. The van der Waals surface area contributed by atoms with Gasteiger partial charge in [-0.2, -0.15) is 0 Å². The van der Waals surface area contributed by atoms with Crippen LogP contribution in [0.3, 0.4) is 0 Å². The van der Waals surface area contributed by atoms with E-state index in [0.717, 1.165) is 22.4 Å². The summed E-state index contributed by atoms with van der Waals surface area (Å²) < 4.78 is 5.48. The molecule has 1 heterocycles. The number of para-hydroxylation sites is 1. The molecule has 1 aliphatic heterocycles. The van der Waals surface area contributed by atoms with Gasteiger partial charge in [-0.1, -0.05) is 35.9 Å². The van der Waals surface area contributed by atoms with E-state index in [-0.39, 0.29) is 24.8 Å². The van der Waals surface area contributed by atoms with Gasteiger partial charge in [0.15, 0.2) is 0 Å². The molecule has 0 fully saturated rings. The summed E-state index contributed by atoms with van der Waals surface area (Å²) in [6.07, 6.45) is 5.07. The van der Waals surface area contributed by atoms with Gasteiger partial charge in [0, 0.05) is 29.8 Å². The van der Waals surface area contributed by atoms with Crippen molar-refractivity contribution in [2.75, 3.05) is 11.9 Å². The largest absolute Gasteiger partial charge is 0.464 e. The third kappa shape index (κ3) is 4.85.